The van der Waals surface area contributed by atoms with E-state index < -0.39 is 0 Å². The summed E-state index contributed by atoms with van der Waals surface area (Å²) in [5.74, 6) is 7.89. The van der Waals surface area contributed by atoms with Gasteiger partial charge in [0.25, 0.3) is 0 Å². The molecule has 2 aromatic carbocycles. The summed E-state index contributed by atoms with van der Waals surface area (Å²) in [7, 11) is 3.85. The summed E-state index contributed by atoms with van der Waals surface area (Å²) < 4.78 is 5.79. The number of aryl methyl sites for hydroxylation is 1. The van der Waals surface area contributed by atoms with Crippen LogP contribution in [0.2, 0.25) is 0 Å². The normalized spacial score (nSPS) is 22.8. The zero-order valence-corrected chi connectivity index (χ0v) is 17.5. The van der Waals surface area contributed by atoms with Gasteiger partial charge >= 0.3 is 0 Å². The molecule has 0 unspecified atom stereocenters. The molecule has 0 saturated carbocycles. The van der Waals surface area contributed by atoms with Crippen molar-refractivity contribution in [3.63, 3.8) is 0 Å². The third-order valence-electron chi connectivity index (χ3n) is 6.24. The van der Waals surface area contributed by atoms with Gasteiger partial charge in [0.15, 0.2) is 0 Å². The number of fused-ring (bicyclic) bond motifs is 1. The van der Waals surface area contributed by atoms with Crippen molar-refractivity contribution in [1.29, 1.82) is 0 Å². The van der Waals surface area contributed by atoms with Crippen molar-refractivity contribution >= 4 is 22.9 Å². The molecule has 0 radical (unpaired) electrons. The van der Waals surface area contributed by atoms with Gasteiger partial charge in [-0.05, 0) is 60.4 Å². The van der Waals surface area contributed by atoms with Crippen molar-refractivity contribution < 1.29 is 4.74 Å². The quantitative estimate of drug-likeness (QED) is 0.618. The molecule has 2 atom stereocenters. The first-order valence-electron chi connectivity index (χ1n) is 10.1. The van der Waals surface area contributed by atoms with Gasteiger partial charge < -0.3 is 9.64 Å². The van der Waals surface area contributed by atoms with Gasteiger partial charge in [-0.25, -0.2) is 5.01 Å². The minimum atomic E-state index is 0.231. The monoisotopic (exact) mass is 395 g/mol. The van der Waals surface area contributed by atoms with Crippen molar-refractivity contribution in [2.75, 3.05) is 25.6 Å². The number of thiocarbonyl (C=S) groups is 1. The summed E-state index contributed by atoms with van der Waals surface area (Å²) in [6.45, 7) is 0.939. The molecule has 0 amide bonds. The predicted octanol–water partition coefficient (Wildman–Crippen LogP) is 4.27. The average molecular weight is 396 g/mol. The molecular formula is C23H29N3OS. The molecule has 2 heterocycles. The topological polar surface area (TPSA) is 41.7 Å². The van der Waals surface area contributed by atoms with Crippen LogP contribution in [0, 0.1) is 5.92 Å². The number of hydrogen-bond acceptors (Lipinski definition) is 4. The molecule has 0 aliphatic carbocycles. The van der Waals surface area contributed by atoms with E-state index in [4.69, 9.17) is 22.8 Å². The standard InChI is InChI=1S/C23H29N3OS/c1-25-20-14-19(21(27-2)15-17(20)10-11-22(25)28)13-18-9-6-12-26(24)23(18)16-7-4-3-5-8-16/h3-5,7-8,14-15,18,23H,6,9-13,24H2,1-2H3/t18-,23+/m0/s1. The molecule has 28 heavy (non-hydrogen) atoms. The fourth-order valence-corrected chi connectivity index (χ4v) is 4.97. The van der Waals surface area contributed by atoms with E-state index in [9.17, 15) is 0 Å². The van der Waals surface area contributed by atoms with Crippen molar-refractivity contribution in [1.82, 2.24) is 5.01 Å². The molecule has 2 N–H and O–H groups in total. The Hall–Kier alpha value is -1.95. The largest absolute Gasteiger partial charge is 0.496 e. The number of benzene rings is 2. The molecular weight excluding hydrogens is 366 g/mol. The number of ether oxygens (including phenoxy) is 1. The lowest BCUT2D eigenvalue weighted by atomic mass is 9.81. The second-order valence-corrected chi connectivity index (χ2v) is 8.42. The molecule has 4 nitrogen and oxygen atoms in total. The highest BCUT2D eigenvalue weighted by molar-refractivity contribution is 7.80. The van der Waals surface area contributed by atoms with E-state index in [1.54, 1.807) is 7.11 Å². The lowest BCUT2D eigenvalue weighted by Gasteiger charge is -2.39. The van der Waals surface area contributed by atoms with Gasteiger partial charge in [0.1, 0.15) is 5.75 Å². The van der Waals surface area contributed by atoms with E-state index in [-0.39, 0.29) is 6.04 Å². The Morgan fingerprint density at radius 1 is 1.18 bits per heavy atom. The van der Waals surface area contributed by atoms with Gasteiger partial charge in [-0.1, -0.05) is 42.5 Å². The van der Waals surface area contributed by atoms with E-state index in [0.717, 1.165) is 43.0 Å². The van der Waals surface area contributed by atoms with Gasteiger partial charge in [-0.15, -0.1) is 0 Å². The molecule has 0 aromatic heterocycles. The number of piperidine rings is 1. The lowest BCUT2D eigenvalue weighted by molar-refractivity contribution is 0.0923. The Morgan fingerprint density at radius 2 is 1.96 bits per heavy atom. The van der Waals surface area contributed by atoms with Crippen molar-refractivity contribution in [3.05, 3.63) is 59.2 Å². The van der Waals surface area contributed by atoms with Crippen molar-refractivity contribution in [2.45, 2.75) is 38.1 Å². The summed E-state index contributed by atoms with van der Waals surface area (Å²) >= 11 is 5.54. The first-order valence-corrected chi connectivity index (χ1v) is 10.5. The Kier molecular flexibility index (Phi) is 5.67. The van der Waals surface area contributed by atoms with Gasteiger partial charge in [0.2, 0.25) is 0 Å². The SMILES string of the molecule is COc1cc2c(cc1C[C@@H]1CCCN(N)[C@@H]1c1ccccc1)N(C)C(=S)CC2. The Morgan fingerprint density at radius 3 is 2.71 bits per heavy atom. The lowest BCUT2D eigenvalue weighted by Crippen LogP contribution is -2.44. The van der Waals surface area contributed by atoms with E-state index in [1.807, 2.05) is 5.01 Å². The van der Waals surface area contributed by atoms with Gasteiger partial charge in [-0.3, -0.25) is 5.84 Å². The third-order valence-corrected chi connectivity index (χ3v) is 6.72. The highest BCUT2D eigenvalue weighted by atomic mass is 32.1. The molecule has 2 aromatic rings. The molecule has 0 spiro atoms. The molecule has 1 fully saturated rings. The summed E-state index contributed by atoms with van der Waals surface area (Å²) in [6, 6.07) is 15.4. The maximum absolute atomic E-state index is 6.45. The van der Waals surface area contributed by atoms with Crippen LogP contribution in [0.3, 0.4) is 0 Å². The van der Waals surface area contributed by atoms with Crippen LogP contribution in [0.1, 0.15) is 42.0 Å². The zero-order chi connectivity index (χ0) is 19.7. The molecule has 148 valence electrons. The molecule has 4 rings (SSSR count). The Bertz CT molecular complexity index is 854. The minimum absolute atomic E-state index is 0.231. The smallest absolute Gasteiger partial charge is 0.122 e. The molecule has 2 aliphatic rings. The highest BCUT2D eigenvalue weighted by Crippen LogP contribution is 2.40. The maximum Gasteiger partial charge on any atom is 0.122 e. The molecule has 0 bridgehead atoms. The minimum Gasteiger partial charge on any atom is -0.496 e. The van der Waals surface area contributed by atoms with Crippen LogP contribution in [0.15, 0.2) is 42.5 Å². The van der Waals surface area contributed by atoms with Crippen LogP contribution >= 0.6 is 12.2 Å². The number of nitrogens with two attached hydrogens (primary N) is 1. The van der Waals surface area contributed by atoms with E-state index >= 15 is 0 Å². The van der Waals surface area contributed by atoms with Gasteiger partial charge in [0, 0.05) is 25.7 Å². The highest BCUT2D eigenvalue weighted by Gasteiger charge is 2.32. The van der Waals surface area contributed by atoms with Crippen molar-refractivity contribution in [3.8, 4) is 5.75 Å². The van der Waals surface area contributed by atoms with E-state index in [0.29, 0.717) is 5.92 Å². The van der Waals surface area contributed by atoms with E-state index in [1.165, 1.54) is 28.8 Å². The number of rotatable bonds is 4. The predicted molar refractivity (Wildman–Crippen MR) is 119 cm³/mol. The van der Waals surface area contributed by atoms with Gasteiger partial charge in [-0.2, -0.15) is 0 Å². The number of hydrazine groups is 1. The first kappa shape index (κ1) is 19.4. The number of anilines is 1. The average Bonchev–Trinajstić information content (AvgIpc) is 2.71. The summed E-state index contributed by atoms with van der Waals surface area (Å²) in [5.41, 5.74) is 5.09. The second kappa shape index (κ2) is 8.19. The zero-order valence-electron chi connectivity index (χ0n) is 16.7. The summed E-state index contributed by atoms with van der Waals surface area (Å²) in [5, 5.41) is 2.02. The summed E-state index contributed by atoms with van der Waals surface area (Å²) in [4.78, 5) is 3.17. The first-order chi connectivity index (χ1) is 13.6. The molecule has 1 saturated heterocycles. The maximum atomic E-state index is 6.45. The third kappa shape index (κ3) is 3.66. The number of methoxy groups -OCH3 is 1. The van der Waals surface area contributed by atoms with Crippen molar-refractivity contribution in [2.24, 2.45) is 11.8 Å². The van der Waals surface area contributed by atoms with Crippen LogP contribution in [-0.4, -0.2) is 30.7 Å². The number of hydrogen-bond donors (Lipinski definition) is 1. The fourth-order valence-electron chi connectivity index (χ4n) is 4.77. The van der Waals surface area contributed by atoms with E-state index in [2.05, 4.69) is 54.4 Å². The van der Waals surface area contributed by atoms with Crippen LogP contribution in [0.5, 0.6) is 5.75 Å². The number of nitrogens with zero attached hydrogens (tertiary/aromatic N) is 2. The summed E-state index contributed by atoms with van der Waals surface area (Å²) in [6.07, 6.45) is 5.16. The fraction of sp³-hybridized carbons (Fsp3) is 0.435. The second-order valence-electron chi connectivity index (χ2n) is 7.95. The van der Waals surface area contributed by atoms with Crippen LogP contribution in [-0.2, 0) is 12.8 Å². The van der Waals surface area contributed by atoms with Crippen LogP contribution in [0.4, 0.5) is 5.69 Å². The van der Waals surface area contributed by atoms with Crippen LogP contribution < -0.4 is 15.5 Å². The molecule has 2 aliphatic heterocycles. The van der Waals surface area contributed by atoms with Crippen LogP contribution in [0.25, 0.3) is 0 Å². The molecule has 5 heteroatoms. The van der Waals surface area contributed by atoms with Gasteiger partial charge in [0.05, 0.1) is 18.1 Å². The Balaban J connectivity index is 1.68. The Labute approximate surface area is 173 Å².